The predicted molar refractivity (Wildman–Crippen MR) is 86.3 cm³/mol. The summed E-state index contributed by atoms with van der Waals surface area (Å²) in [7, 11) is 0. The van der Waals surface area contributed by atoms with Crippen LogP contribution < -0.4 is 0 Å². The zero-order valence-corrected chi connectivity index (χ0v) is 14.1. The molecule has 0 fully saturated rings. The SMILES string of the molecule is O=C(Cc1ccc(F)cc1Cl)c1cc(I)ccc1Br. The van der Waals surface area contributed by atoms with Crippen LogP contribution in [0.3, 0.4) is 0 Å². The van der Waals surface area contributed by atoms with Gasteiger partial charge in [-0.2, -0.15) is 0 Å². The molecule has 2 aromatic rings. The first-order chi connectivity index (χ1) is 8.97. The van der Waals surface area contributed by atoms with E-state index in [1.807, 2.05) is 18.2 Å². The zero-order valence-electron chi connectivity index (χ0n) is 9.59. The second-order valence-corrected chi connectivity index (χ2v) is 6.47. The van der Waals surface area contributed by atoms with Gasteiger partial charge >= 0.3 is 0 Å². The summed E-state index contributed by atoms with van der Waals surface area (Å²) < 4.78 is 14.7. The molecule has 0 heterocycles. The Morgan fingerprint density at radius 2 is 2.00 bits per heavy atom. The molecule has 2 aromatic carbocycles. The Morgan fingerprint density at radius 3 is 2.68 bits per heavy atom. The van der Waals surface area contributed by atoms with Gasteiger partial charge in [0.05, 0.1) is 0 Å². The molecule has 0 saturated carbocycles. The van der Waals surface area contributed by atoms with Crippen LogP contribution in [-0.4, -0.2) is 5.78 Å². The molecule has 0 unspecified atom stereocenters. The third-order valence-corrected chi connectivity index (χ3v) is 4.31. The van der Waals surface area contributed by atoms with Gasteiger partial charge in [0.1, 0.15) is 5.82 Å². The molecule has 0 atom stereocenters. The van der Waals surface area contributed by atoms with Crippen molar-refractivity contribution in [2.24, 2.45) is 0 Å². The van der Waals surface area contributed by atoms with E-state index < -0.39 is 5.82 Å². The van der Waals surface area contributed by atoms with Gasteiger partial charge in [-0.05, 0) is 58.5 Å². The minimum absolute atomic E-state index is 0.0566. The first-order valence-corrected chi connectivity index (χ1v) is 7.64. The highest BCUT2D eigenvalue weighted by molar-refractivity contribution is 14.1. The molecule has 19 heavy (non-hydrogen) atoms. The van der Waals surface area contributed by atoms with E-state index in [0.717, 1.165) is 8.04 Å². The van der Waals surface area contributed by atoms with E-state index in [-0.39, 0.29) is 17.2 Å². The summed E-state index contributed by atoms with van der Waals surface area (Å²) in [6.45, 7) is 0. The van der Waals surface area contributed by atoms with Crippen LogP contribution >= 0.6 is 50.1 Å². The molecule has 0 aliphatic rings. The lowest BCUT2D eigenvalue weighted by atomic mass is 10.0. The number of rotatable bonds is 3. The lowest BCUT2D eigenvalue weighted by molar-refractivity contribution is 0.0992. The first kappa shape index (κ1) is 14.9. The van der Waals surface area contributed by atoms with E-state index in [1.165, 1.54) is 18.2 Å². The van der Waals surface area contributed by atoms with Crippen molar-refractivity contribution in [2.45, 2.75) is 6.42 Å². The minimum Gasteiger partial charge on any atom is -0.294 e. The molecule has 5 heteroatoms. The third kappa shape index (κ3) is 3.77. The number of halogens is 4. The predicted octanol–water partition coefficient (Wildman–Crippen LogP) is 5.27. The minimum atomic E-state index is -0.406. The highest BCUT2D eigenvalue weighted by Gasteiger charge is 2.13. The Balaban J connectivity index is 2.28. The highest BCUT2D eigenvalue weighted by atomic mass is 127. The number of hydrogen-bond donors (Lipinski definition) is 0. The summed E-state index contributed by atoms with van der Waals surface area (Å²) in [6, 6.07) is 9.61. The molecular weight excluding hydrogens is 445 g/mol. The number of benzene rings is 2. The van der Waals surface area contributed by atoms with Crippen molar-refractivity contribution in [1.29, 1.82) is 0 Å². The van der Waals surface area contributed by atoms with Gasteiger partial charge in [0.25, 0.3) is 0 Å². The summed E-state index contributed by atoms with van der Waals surface area (Å²) in [5.41, 5.74) is 1.23. The fourth-order valence-corrected chi connectivity index (χ4v) is 2.84. The number of carbonyl (C=O) groups excluding carboxylic acids is 1. The molecule has 0 aromatic heterocycles. The van der Waals surface area contributed by atoms with Gasteiger partial charge in [-0.25, -0.2) is 4.39 Å². The van der Waals surface area contributed by atoms with E-state index in [4.69, 9.17) is 11.6 Å². The molecule has 2 rings (SSSR count). The monoisotopic (exact) mass is 452 g/mol. The summed E-state index contributed by atoms with van der Waals surface area (Å²) in [5, 5.41) is 0.273. The Hall–Kier alpha value is -0.460. The molecule has 0 aliphatic carbocycles. The molecule has 0 radical (unpaired) electrons. The third-order valence-electron chi connectivity index (χ3n) is 2.59. The van der Waals surface area contributed by atoms with Crippen LogP contribution in [0.1, 0.15) is 15.9 Å². The smallest absolute Gasteiger partial charge is 0.168 e. The molecular formula is C14H8BrClFIO. The van der Waals surface area contributed by atoms with Crippen LogP contribution in [-0.2, 0) is 6.42 Å². The van der Waals surface area contributed by atoms with E-state index in [0.29, 0.717) is 11.1 Å². The fourth-order valence-electron chi connectivity index (χ4n) is 1.64. The number of carbonyl (C=O) groups is 1. The molecule has 1 nitrogen and oxygen atoms in total. The van der Waals surface area contributed by atoms with Crippen LogP contribution in [0, 0.1) is 9.39 Å². The second kappa shape index (κ2) is 6.33. The quantitative estimate of drug-likeness (QED) is 0.457. The average Bonchev–Trinajstić information content (AvgIpc) is 2.35. The lowest BCUT2D eigenvalue weighted by Crippen LogP contribution is -2.05. The summed E-state index contributed by atoms with van der Waals surface area (Å²) in [5.74, 6) is -0.462. The number of Topliss-reactive ketones (excluding diaryl/α,β-unsaturated/α-hetero) is 1. The van der Waals surface area contributed by atoms with Gasteiger partial charge in [0.2, 0.25) is 0 Å². The van der Waals surface area contributed by atoms with Crippen molar-refractivity contribution >= 4 is 55.9 Å². The lowest BCUT2D eigenvalue weighted by Gasteiger charge is -2.06. The molecule has 0 bridgehead atoms. The Morgan fingerprint density at radius 1 is 1.26 bits per heavy atom. The van der Waals surface area contributed by atoms with Gasteiger partial charge in [-0.1, -0.05) is 33.6 Å². The Bertz CT molecular complexity index is 645. The van der Waals surface area contributed by atoms with Gasteiger partial charge in [0, 0.05) is 25.0 Å². The Kier molecular flexibility index (Phi) is 4.97. The van der Waals surface area contributed by atoms with Crippen molar-refractivity contribution < 1.29 is 9.18 Å². The number of ketones is 1. The van der Waals surface area contributed by atoms with Crippen LogP contribution in [0.15, 0.2) is 40.9 Å². The maximum Gasteiger partial charge on any atom is 0.168 e. The van der Waals surface area contributed by atoms with Crippen molar-refractivity contribution in [1.82, 2.24) is 0 Å². The normalized spacial score (nSPS) is 10.5. The molecule has 0 aliphatic heterocycles. The molecule has 98 valence electrons. The summed E-state index contributed by atoms with van der Waals surface area (Å²) in [4.78, 5) is 12.2. The van der Waals surface area contributed by atoms with Crippen molar-refractivity contribution in [3.8, 4) is 0 Å². The maximum absolute atomic E-state index is 12.9. The number of hydrogen-bond acceptors (Lipinski definition) is 1. The van der Waals surface area contributed by atoms with E-state index in [9.17, 15) is 9.18 Å². The van der Waals surface area contributed by atoms with Crippen LogP contribution in [0.25, 0.3) is 0 Å². The van der Waals surface area contributed by atoms with Gasteiger partial charge in [-0.3, -0.25) is 4.79 Å². The van der Waals surface area contributed by atoms with Gasteiger partial charge < -0.3 is 0 Å². The van der Waals surface area contributed by atoms with Crippen LogP contribution in [0.2, 0.25) is 5.02 Å². The topological polar surface area (TPSA) is 17.1 Å². The molecule has 0 amide bonds. The van der Waals surface area contributed by atoms with Gasteiger partial charge in [0.15, 0.2) is 5.78 Å². The molecule has 0 N–H and O–H groups in total. The van der Waals surface area contributed by atoms with E-state index >= 15 is 0 Å². The standard InChI is InChI=1S/C14H8BrClFIO/c15-12-4-3-10(18)7-11(12)14(19)5-8-1-2-9(17)6-13(8)16/h1-4,6-7H,5H2. The van der Waals surface area contributed by atoms with E-state index in [2.05, 4.69) is 38.5 Å². The van der Waals surface area contributed by atoms with Gasteiger partial charge in [-0.15, -0.1) is 0 Å². The van der Waals surface area contributed by atoms with Crippen molar-refractivity contribution in [3.05, 3.63) is 66.4 Å². The second-order valence-electron chi connectivity index (χ2n) is 3.96. The molecule has 0 spiro atoms. The highest BCUT2D eigenvalue weighted by Crippen LogP contribution is 2.24. The Labute approximate surface area is 137 Å². The average molecular weight is 453 g/mol. The summed E-state index contributed by atoms with van der Waals surface area (Å²) >= 11 is 11.4. The van der Waals surface area contributed by atoms with E-state index in [1.54, 1.807) is 0 Å². The van der Waals surface area contributed by atoms with Crippen LogP contribution in [0.5, 0.6) is 0 Å². The largest absolute Gasteiger partial charge is 0.294 e. The first-order valence-electron chi connectivity index (χ1n) is 5.39. The van der Waals surface area contributed by atoms with Crippen molar-refractivity contribution in [2.75, 3.05) is 0 Å². The summed E-state index contributed by atoms with van der Waals surface area (Å²) in [6.07, 6.45) is 0.151. The van der Waals surface area contributed by atoms with Crippen molar-refractivity contribution in [3.63, 3.8) is 0 Å². The fraction of sp³-hybridized carbons (Fsp3) is 0.0714. The van der Waals surface area contributed by atoms with Crippen LogP contribution in [0.4, 0.5) is 4.39 Å². The molecule has 0 saturated heterocycles. The zero-order chi connectivity index (χ0) is 14.0. The maximum atomic E-state index is 12.9.